The van der Waals surface area contributed by atoms with Gasteiger partial charge in [0.15, 0.2) is 0 Å². The lowest BCUT2D eigenvalue weighted by Crippen LogP contribution is -2.47. The summed E-state index contributed by atoms with van der Waals surface area (Å²) in [6.45, 7) is 12.0. The van der Waals surface area contributed by atoms with E-state index >= 15 is 0 Å². The first-order valence-electron chi connectivity index (χ1n) is 17.2. The van der Waals surface area contributed by atoms with Crippen LogP contribution < -0.4 is 30.9 Å². The number of rotatable bonds is 11. The van der Waals surface area contributed by atoms with Crippen LogP contribution in [0.4, 0.5) is 28.8 Å². The summed E-state index contributed by atoms with van der Waals surface area (Å²) in [5.41, 5.74) is 6.78. The highest BCUT2D eigenvalue weighted by Crippen LogP contribution is 2.41. The maximum absolute atomic E-state index is 5.99. The van der Waals surface area contributed by atoms with Crippen molar-refractivity contribution in [2.45, 2.75) is 19.3 Å². The van der Waals surface area contributed by atoms with E-state index in [0.29, 0.717) is 11.8 Å². The van der Waals surface area contributed by atoms with Crippen molar-refractivity contribution in [2.75, 3.05) is 81.8 Å². The molecule has 2 aliphatic rings. The quantitative estimate of drug-likeness (QED) is 0.129. The van der Waals surface area contributed by atoms with Gasteiger partial charge < -0.3 is 25.6 Å². The van der Waals surface area contributed by atoms with Gasteiger partial charge in [0.05, 0.1) is 34.5 Å². The summed E-state index contributed by atoms with van der Waals surface area (Å²) in [7, 11) is 3.17. The van der Waals surface area contributed by atoms with Crippen LogP contribution in [0, 0.1) is 5.92 Å². The van der Waals surface area contributed by atoms with Crippen LogP contribution in [-0.2, 0) is 7.05 Å². The minimum Gasteiger partial charge on any atom is -0.494 e. The van der Waals surface area contributed by atoms with Gasteiger partial charge in [-0.2, -0.15) is 10.1 Å². The smallest absolute Gasteiger partial charge is 0.229 e. The summed E-state index contributed by atoms with van der Waals surface area (Å²) in [6.07, 6.45) is 13.1. The Bertz CT molecular complexity index is 1950. The van der Waals surface area contributed by atoms with E-state index in [2.05, 4.69) is 93.4 Å². The number of nitrogens with zero attached hydrogens (tertiary/aromatic N) is 8. The van der Waals surface area contributed by atoms with E-state index in [0.717, 1.165) is 99.9 Å². The summed E-state index contributed by atoms with van der Waals surface area (Å²) < 4.78 is 8.58. The highest BCUT2D eigenvalue weighted by molar-refractivity contribution is 9.10. The van der Waals surface area contributed by atoms with Crippen LogP contribution in [0.3, 0.4) is 0 Å². The number of nitrogens with one attached hydrogen (secondary N) is 3. The molecule has 0 saturated carbocycles. The summed E-state index contributed by atoms with van der Waals surface area (Å²) in [5, 5.41) is 16.1. The number of fused-ring (bicyclic) bond motifs is 1. The SMILES string of the molecule is COc1cc(N2CCN(CCC3CCNCC3)CC2)c(-c2cnn(C)c2)cc1Nc1ncc(Br)c(Nc2ccc3nccnc3c2P(C)C)n1.Cl. The number of ether oxygens (including phenoxy) is 1. The van der Waals surface area contributed by atoms with E-state index in [4.69, 9.17) is 9.72 Å². The number of hydrogen-bond donors (Lipinski definition) is 3. The largest absolute Gasteiger partial charge is 0.494 e. The van der Waals surface area contributed by atoms with Crippen molar-refractivity contribution in [2.24, 2.45) is 13.0 Å². The van der Waals surface area contributed by atoms with Gasteiger partial charge in [-0.15, -0.1) is 12.4 Å². The molecule has 12 nitrogen and oxygen atoms in total. The summed E-state index contributed by atoms with van der Waals surface area (Å²) in [5.74, 6) is 2.66. The molecule has 7 rings (SSSR count). The molecule has 3 N–H and O–H groups in total. The van der Waals surface area contributed by atoms with E-state index < -0.39 is 7.92 Å². The Labute approximate surface area is 315 Å². The molecule has 0 bridgehead atoms. The van der Waals surface area contributed by atoms with Crippen LogP contribution >= 0.6 is 36.3 Å². The Hall–Kier alpha value is -3.61. The van der Waals surface area contributed by atoms with Crippen molar-refractivity contribution in [3.8, 4) is 16.9 Å². The van der Waals surface area contributed by atoms with Crippen LogP contribution in [0.5, 0.6) is 5.75 Å². The molecule has 0 radical (unpaired) electrons. The Morgan fingerprint density at radius 3 is 2.49 bits per heavy atom. The van der Waals surface area contributed by atoms with Gasteiger partial charge in [0.25, 0.3) is 0 Å². The van der Waals surface area contributed by atoms with Gasteiger partial charge in [0, 0.05) is 91.9 Å². The van der Waals surface area contributed by atoms with E-state index in [-0.39, 0.29) is 12.4 Å². The molecule has 0 aliphatic carbocycles. The zero-order valence-electron chi connectivity index (χ0n) is 29.6. The Morgan fingerprint density at radius 1 is 0.980 bits per heavy atom. The maximum Gasteiger partial charge on any atom is 0.229 e. The summed E-state index contributed by atoms with van der Waals surface area (Å²) >= 11 is 3.66. The molecule has 51 heavy (non-hydrogen) atoms. The molecule has 2 saturated heterocycles. The fraction of sp³-hybridized carbons (Fsp3) is 0.417. The third kappa shape index (κ3) is 8.55. The second-order valence-corrected chi connectivity index (χ2v) is 16.3. The van der Waals surface area contributed by atoms with Gasteiger partial charge in [-0.05, 0) is 92.3 Å². The van der Waals surface area contributed by atoms with Gasteiger partial charge in [0.2, 0.25) is 5.95 Å². The number of halogens is 2. The lowest BCUT2D eigenvalue weighted by atomic mass is 9.94. The second kappa shape index (κ2) is 16.8. The van der Waals surface area contributed by atoms with E-state index in [1.165, 1.54) is 25.8 Å². The molecule has 3 aromatic heterocycles. The van der Waals surface area contributed by atoms with Crippen molar-refractivity contribution in [1.82, 2.24) is 39.9 Å². The van der Waals surface area contributed by atoms with Crippen LogP contribution in [0.25, 0.3) is 22.2 Å². The normalized spacial score (nSPS) is 15.6. The molecule has 270 valence electrons. The second-order valence-electron chi connectivity index (χ2n) is 13.2. The first-order chi connectivity index (χ1) is 24.4. The minimum absolute atomic E-state index is 0. The van der Waals surface area contributed by atoms with E-state index in [9.17, 15) is 0 Å². The lowest BCUT2D eigenvalue weighted by molar-refractivity contribution is 0.224. The van der Waals surface area contributed by atoms with Crippen molar-refractivity contribution >= 4 is 81.4 Å². The van der Waals surface area contributed by atoms with Gasteiger partial charge >= 0.3 is 0 Å². The van der Waals surface area contributed by atoms with Crippen molar-refractivity contribution in [3.63, 3.8) is 0 Å². The van der Waals surface area contributed by atoms with E-state index in [1.54, 1.807) is 25.7 Å². The molecule has 15 heteroatoms. The molecular formula is C36H46BrClN11OP. The van der Waals surface area contributed by atoms with Crippen molar-refractivity contribution in [3.05, 3.63) is 59.7 Å². The molecule has 2 aliphatic heterocycles. The molecule has 0 amide bonds. The Kier molecular flexibility index (Phi) is 12.3. The molecule has 0 spiro atoms. The van der Waals surface area contributed by atoms with Crippen molar-refractivity contribution < 1.29 is 4.74 Å². The standard InChI is InChI=1S/C36H45BrN11OP.ClH/c1-46-23-25(21-42-46)26-19-30(32(49-2)20-31(26)48-17-15-47(16-18-48)14-9-24-7-10-38-11-8-24)44-36-41-22-27(37)35(45-36)43-29-6-5-28-33(34(29)50(3)4)40-13-12-39-28;/h5-6,12-13,19-24,38H,7-11,14-18H2,1-4H3,(H2,41,43,44,45);1H. The van der Waals surface area contributed by atoms with E-state index in [1.807, 2.05) is 30.1 Å². The number of hydrogen-bond acceptors (Lipinski definition) is 11. The lowest BCUT2D eigenvalue weighted by Gasteiger charge is -2.38. The fourth-order valence-electron chi connectivity index (χ4n) is 6.98. The van der Waals surface area contributed by atoms with Gasteiger partial charge in [0.1, 0.15) is 11.6 Å². The Morgan fingerprint density at radius 2 is 1.76 bits per heavy atom. The van der Waals surface area contributed by atoms with Gasteiger partial charge in [-0.25, -0.2) is 4.98 Å². The number of anilines is 5. The third-order valence-electron chi connectivity index (χ3n) is 9.66. The zero-order chi connectivity index (χ0) is 34.6. The van der Waals surface area contributed by atoms with Crippen LogP contribution in [0.2, 0.25) is 0 Å². The predicted octanol–water partition coefficient (Wildman–Crippen LogP) is 6.38. The topological polar surface area (TPSA) is 121 Å². The summed E-state index contributed by atoms with van der Waals surface area (Å²) in [4.78, 5) is 23.8. The molecule has 0 unspecified atom stereocenters. The monoisotopic (exact) mass is 793 g/mol. The van der Waals surface area contributed by atoms with Crippen molar-refractivity contribution in [1.29, 1.82) is 0 Å². The van der Waals surface area contributed by atoms with Crippen LogP contribution in [0.1, 0.15) is 19.3 Å². The van der Waals surface area contributed by atoms with Gasteiger partial charge in [-0.3, -0.25) is 19.5 Å². The number of methoxy groups -OCH3 is 1. The number of aromatic nitrogens is 6. The highest BCUT2D eigenvalue weighted by Gasteiger charge is 2.24. The number of benzene rings is 2. The molecule has 5 aromatic rings. The zero-order valence-corrected chi connectivity index (χ0v) is 32.9. The maximum atomic E-state index is 5.99. The number of piperazine rings is 1. The van der Waals surface area contributed by atoms with Crippen LogP contribution in [0.15, 0.2) is 59.7 Å². The molecular weight excluding hydrogens is 749 g/mol. The molecule has 2 fully saturated rings. The minimum atomic E-state index is -0.488. The first-order valence-corrected chi connectivity index (χ1v) is 20.3. The molecule has 2 aromatic carbocycles. The summed E-state index contributed by atoms with van der Waals surface area (Å²) in [6, 6.07) is 8.31. The van der Waals surface area contributed by atoms with Crippen LogP contribution in [-0.4, -0.2) is 101 Å². The molecule has 0 atom stereocenters. The fourth-order valence-corrected chi connectivity index (χ4v) is 8.47. The average molecular weight is 795 g/mol. The Balaban J connectivity index is 0.00000448. The number of piperidine rings is 1. The number of aryl methyl sites for hydroxylation is 1. The first kappa shape index (κ1) is 37.2. The molecule has 5 heterocycles. The predicted molar refractivity (Wildman–Crippen MR) is 216 cm³/mol. The third-order valence-corrected chi connectivity index (χ3v) is 11.6. The highest BCUT2D eigenvalue weighted by atomic mass is 79.9. The average Bonchev–Trinajstić information content (AvgIpc) is 3.58. The van der Waals surface area contributed by atoms with Gasteiger partial charge in [-0.1, -0.05) is 7.92 Å².